The minimum Gasteiger partial charge on any atom is -0.506 e. The number of aromatic nitrogens is 1. The van der Waals surface area contributed by atoms with Crippen LogP contribution in [0.4, 0.5) is 5.69 Å². The Balaban J connectivity index is 1.91. The Labute approximate surface area is 167 Å². The third-order valence-electron chi connectivity index (χ3n) is 4.94. The third-order valence-corrected chi connectivity index (χ3v) is 8.57. The van der Waals surface area contributed by atoms with E-state index in [1.807, 2.05) is 0 Å². The molecular weight excluding hydrogens is 404 g/mol. The molecule has 3 heterocycles. The van der Waals surface area contributed by atoms with Crippen molar-refractivity contribution in [2.24, 2.45) is 5.92 Å². The molecule has 1 aromatic carbocycles. The van der Waals surface area contributed by atoms with Crippen molar-refractivity contribution in [2.75, 3.05) is 18.0 Å². The lowest BCUT2D eigenvalue weighted by atomic mass is 9.99. The van der Waals surface area contributed by atoms with E-state index in [9.17, 15) is 13.5 Å². The summed E-state index contributed by atoms with van der Waals surface area (Å²) in [7, 11) is -3.73. The lowest BCUT2D eigenvalue weighted by Gasteiger charge is -2.32. The maximum atomic E-state index is 13.4. The molecule has 1 aliphatic heterocycles. The molecular formula is C19H19ClN2O3S2. The SMILES string of the molecule is CC1CCN(c2c(S(=O)(=O)c3ccc(Cl)cc3)sc3ncc(O)cc23)CC1. The van der Waals surface area contributed by atoms with Crippen LogP contribution in [0.3, 0.4) is 0 Å². The van der Waals surface area contributed by atoms with Crippen LogP contribution in [0, 0.1) is 5.92 Å². The zero-order valence-electron chi connectivity index (χ0n) is 14.7. The summed E-state index contributed by atoms with van der Waals surface area (Å²) in [6, 6.07) is 7.80. The average molecular weight is 423 g/mol. The second kappa shape index (κ2) is 6.96. The Bertz CT molecular complexity index is 1090. The summed E-state index contributed by atoms with van der Waals surface area (Å²) >= 11 is 7.07. The van der Waals surface area contributed by atoms with E-state index in [4.69, 9.17) is 11.6 Å². The van der Waals surface area contributed by atoms with Crippen molar-refractivity contribution < 1.29 is 13.5 Å². The minimum atomic E-state index is -3.73. The van der Waals surface area contributed by atoms with Gasteiger partial charge in [-0.05, 0) is 49.1 Å². The second-order valence-corrected chi connectivity index (χ2v) is 10.5. The molecule has 2 aromatic heterocycles. The number of thiophene rings is 1. The van der Waals surface area contributed by atoms with Crippen LogP contribution in [0.15, 0.2) is 45.6 Å². The van der Waals surface area contributed by atoms with Crippen LogP contribution in [0.5, 0.6) is 5.75 Å². The molecule has 0 spiro atoms. The topological polar surface area (TPSA) is 70.5 Å². The van der Waals surface area contributed by atoms with E-state index in [0.717, 1.165) is 37.3 Å². The van der Waals surface area contributed by atoms with Gasteiger partial charge >= 0.3 is 0 Å². The first-order valence-corrected chi connectivity index (χ1v) is 11.4. The summed E-state index contributed by atoms with van der Waals surface area (Å²) in [6.07, 6.45) is 3.35. The fourth-order valence-electron chi connectivity index (χ4n) is 3.37. The molecule has 0 amide bonds. The highest BCUT2D eigenvalue weighted by atomic mass is 35.5. The van der Waals surface area contributed by atoms with Crippen molar-refractivity contribution in [2.45, 2.75) is 28.9 Å². The summed E-state index contributed by atoms with van der Waals surface area (Å²) < 4.78 is 27.0. The number of fused-ring (bicyclic) bond motifs is 1. The molecule has 0 atom stereocenters. The Morgan fingerprint density at radius 2 is 1.89 bits per heavy atom. The van der Waals surface area contributed by atoms with Crippen molar-refractivity contribution in [3.05, 3.63) is 41.6 Å². The predicted molar refractivity (Wildman–Crippen MR) is 109 cm³/mol. The number of aromatic hydroxyl groups is 1. The number of piperidine rings is 1. The summed E-state index contributed by atoms with van der Waals surface area (Å²) in [5.74, 6) is 0.649. The maximum absolute atomic E-state index is 13.4. The predicted octanol–water partition coefficient (Wildman–Crippen LogP) is 4.72. The van der Waals surface area contributed by atoms with Gasteiger partial charge in [0.05, 0.1) is 16.8 Å². The lowest BCUT2D eigenvalue weighted by molar-refractivity contribution is 0.438. The molecule has 1 aliphatic rings. The van der Waals surface area contributed by atoms with E-state index >= 15 is 0 Å². The smallest absolute Gasteiger partial charge is 0.218 e. The quantitative estimate of drug-likeness (QED) is 0.661. The van der Waals surface area contributed by atoms with Gasteiger partial charge < -0.3 is 10.0 Å². The Hall–Kier alpha value is -1.83. The largest absolute Gasteiger partial charge is 0.506 e. The molecule has 0 aliphatic carbocycles. The molecule has 5 nitrogen and oxygen atoms in total. The number of hydrogen-bond donors (Lipinski definition) is 1. The first-order valence-electron chi connectivity index (χ1n) is 8.73. The van der Waals surface area contributed by atoms with Crippen LogP contribution in [0.1, 0.15) is 19.8 Å². The number of nitrogens with zero attached hydrogens (tertiary/aromatic N) is 2. The van der Waals surface area contributed by atoms with Gasteiger partial charge in [-0.15, -0.1) is 11.3 Å². The number of halogens is 1. The van der Waals surface area contributed by atoms with Gasteiger partial charge in [-0.1, -0.05) is 18.5 Å². The molecule has 0 radical (unpaired) electrons. The van der Waals surface area contributed by atoms with Gasteiger partial charge in [0, 0.05) is 23.5 Å². The zero-order valence-corrected chi connectivity index (χ0v) is 17.1. The van der Waals surface area contributed by atoms with E-state index in [1.165, 1.54) is 18.3 Å². The minimum absolute atomic E-state index is 0.0300. The van der Waals surface area contributed by atoms with Crippen molar-refractivity contribution in [1.82, 2.24) is 4.98 Å². The molecule has 3 aromatic rings. The van der Waals surface area contributed by atoms with Gasteiger partial charge in [0.2, 0.25) is 9.84 Å². The van der Waals surface area contributed by atoms with Crippen LogP contribution < -0.4 is 4.90 Å². The molecule has 0 bridgehead atoms. The first kappa shape index (κ1) is 18.5. The highest BCUT2D eigenvalue weighted by molar-refractivity contribution is 7.93. The standard InChI is InChI=1S/C19H19ClN2O3S2/c1-12-6-8-22(9-7-12)17-16-10-14(23)11-21-18(16)26-19(17)27(24,25)15-4-2-13(20)3-5-15/h2-5,10-12,23H,6-9H2,1H3. The number of rotatable bonds is 3. The average Bonchev–Trinajstić information content (AvgIpc) is 3.02. The van der Waals surface area contributed by atoms with Crippen LogP contribution in [-0.4, -0.2) is 31.6 Å². The lowest BCUT2D eigenvalue weighted by Crippen LogP contribution is -2.33. The highest BCUT2D eigenvalue weighted by Crippen LogP contribution is 2.44. The summed E-state index contributed by atoms with van der Waals surface area (Å²) in [5, 5.41) is 11.1. The highest BCUT2D eigenvalue weighted by Gasteiger charge is 2.31. The molecule has 142 valence electrons. The molecule has 1 saturated heterocycles. The molecule has 1 N–H and O–H groups in total. The third kappa shape index (κ3) is 3.39. The molecule has 4 rings (SSSR count). The second-order valence-electron chi connectivity index (χ2n) is 6.91. The van der Waals surface area contributed by atoms with Gasteiger partial charge in [-0.2, -0.15) is 0 Å². The fourth-order valence-corrected chi connectivity index (χ4v) is 6.55. The Morgan fingerprint density at radius 3 is 2.56 bits per heavy atom. The number of pyridine rings is 1. The van der Waals surface area contributed by atoms with E-state index in [0.29, 0.717) is 26.8 Å². The summed E-state index contributed by atoms with van der Waals surface area (Å²) in [6.45, 7) is 3.78. The first-order chi connectivity index (χ1) is 12.9. The van der Waals surface area contributed by atoms with E-state index in [2.05, 4.69) is 16.8 Å². The summed E-state index contributed by atoms with van der Waals surface area (Å²) in [4.78, 5) is 7.17. The molecule has 0 unspecified atom stereocenters. The maximum Gasteiger partial charge on any atom is 0.218 e. The fraction of sp³-hybridized carbons (Fsp3) is 0.316. The van der Waals surface area contributed by atoms with Gasteiger partial charge in [0.25, 0.3) is 0 Å². The molecule has 0 saturated carbocycles. The summed E-state index contributed by atoms with van der Waals surface area (Å²) in [5.41, 5.74) is 0.653. The molecule has 27 heavy (non-hydrogen) atoms. The van der Waals surface area contributed by atoms with Crippen LogP contribution in [-0.2, 0) is 9.84 Å². The van der Waals surface area contributed by atoms with Gasteiger partial charge in [0.1, 0.15) is 10.6 Å². The van der Waals surface area contributed by atoms with E-state index < -0.39 is 9.84 Å². The van der Waals surface area contributed by atoms with Crippen molar-refractivity contribution in [3.8, 4) is 5.75 Å². The van der Waals surface area contributed by atoms with E-state index in [1.54, 1.807) is 18.2 Å². The van der Waals surface area contributed by atoms with Crippen LogP contribution in [0.2, 0.25) is 5.02 Å². The number of benzene rings is 1. The Morgan fingerprint density at radius 1 is 1.22 bits per heavy atom. The molecule has 1 fully saturated rings. The normalized spacial score (nSPS) is 16.1. The van der Waals surface area contributed by atoms with Gasteiger partial charge in [0.15, 0.2) is 4.21 Å². The van der Waals surface area contributed by atoms with Crippen molar-refractivity contribution in [3.63, 3.8) is 0 Å². The van der Waals surface area contributed by atoms with Crippen LogP contribution in [0.25, 0.3) is 10.2 Å². The van der Waals surface area contributed by atoms with Crippen molar-refractivity contribution >= 4 is 48.7 Å². The zero-order chi connectivity index (χ0) is 19.2. The van der Waals surface area contributed by atoms with Gasteiger partial charge in [-0.3, -0.25) is 0 Å². The molecule has 8 heteroatoms. The van der Waals surface area contributed by atoms with E-state index in [-0.39, 0.29) is 14.9 Å². The number of hydrogen-bond acceptors (Lipinski definition) is 6. The number of anilines is 1. The number of sulfone groups is 1. The van der Waals surface area contributed by atoms with Gasteiger partial charge in [-0.25, -0.2) is 13.4 Å². The monoisotopic (exact) mass is 422 g/mol. The van der Waals surface area contributed by atoms with Crippen LogP contribution >= 0.6 is 22.9 Å². The van der Waals surface area contributed by atoms with Crippen molar-refractivity contribution in [1.29, 1.82) is 0 Å². The Kier molecular flexibility index (Phi) is 4.78.